The molecule has 4 rings (SSSR count). The minimum absolute atomic E-state index is 0.0678. The van der Waals surface area contributed by atoms with Crippen molar-refractivity contribution >= 4 is 40.5 Å². The summed E-state index contributed by atoms with van der Waals surface area (Å²) >= 11 is 9.07. The van der Waals surface area contributed by atoms with Gasteiger partial charge in [0.2, 0.25) is 0 Å². The molecule has 0 fully saturated rings. The third-order valence-corrected chi connectivity index (χ3v) is 7.14. The second kappa shape index (κ2) is 8.63. The molecular weight excluding hydrogens is 443 g/mol. The second-order valence-corrected chi connectivity index (χ2v) is 9.97. The summed E-state index contributed by atoms with van der Waals surface area (Å²) in [7, 11) is 0. The van der Waals surface area contributed by atoms with Crippen molar-refractivity contribution in [3.63, 3.8) is 0 Å². The summed E-state index contributed by atoms with van der Waals surface area (Å²) in [4.78, 5) is 13.9. The molecule has 1 atom stereocenters. The van der Waals surface area contributed by atoms with Crippen LogP contribution < -0.4 is 5.48 Å². The highest BCUT2D eigenvalue weighted by atomic mass is 35.5. The van der Waals surface area contributed by atoms with Crippen LogP contribution in [0.2, 0.25) is 5.02 Å². The van der Waals surface area contributed by atoms with Gasteiger partial charge in [-0.2, -0.15) is 5.10 Å². The number of rotatable bonds is 4. The maximum Gasteiger partial charge on any atom is 0.156 e. The fourth-order valence-electron chi connectivity index (χ4n) is 3.25. The number of nitrogens with zero attached hydrogens (tertiary/aromatic N) is 3. The van der Waals surface area contributed by atoms with Gasteiger partial charge >= 0.3 is 0 Å². The molecule has 1 aromatic carbocycles. The Hall–Kier alpha value is -2.00. The molecule has 1 N–H and O–H groups in total. The summed E-state index contributed by atoms with van der Waals surface area (Å²) in [6.07, 6.45) is 0. The summed E-state index contributed by atoms with van der Waals surface area (Å²) in [5.74, 6) is 0.157. The normalized spacial score (nSPS) is 16.3. The topological polar surface area (TPSA) is 59.4 Å². The van der Waals surface area contributed by atoms with E-state index in [1.165, 1.54) is 33.1 Å². The van der Waals surface area contributed by atoms with E-state index in [9.17, 15) is 4.39 Å². The fourth-order valence-corrected chi connectivity index (χ4v) is 5.45. The zero-order valence-electron chi connectivity index (χ0n) is 16.9. The van der Waals surface area contributed by atoms with Crippen LogP contribution in [0.3, 0.4) is 0 Å². The molecule has 30 heavy (non-hydrogen) atoms. The standard InChI is InChI=1S/C21H20ClFN4OS2/c1-10-7-15(13(4)29-10)18-9-28-27-20(24-18)19-11(2)12(3)25-26-21(19)30-14-5-6-17(23)16(22)8-14/h5-8,18H,9H2,1-4H3,(H,24,27). The molecule has 1 aliphatic heterocycles. The van der Waals surface area contributed by atoms with Gasteiger partial charge in [-0.25, -0.2) is 9.87 Å². The van der Waals surface area contributed by atoms with Gasteiger partial charge in [-0.1, -0.05) is 23.4 Å². The number of halogens is 2. The van der Waals surface area contributed by atoms with Crippen molar-refractivity contribution in [2.24, 2.45) is 4.99 Å². The monoisotopic (exact) mass is 462 g/mol. The van der Waals surface area contributed by atoms with Gasteiger partial charge in [-0.3, -0.25) is 9.83 Å². The first-order valence-corrected chi connectivity index (χ1v) is 11.3. The van der Waals surface area contributed by atoms with Crippen molar-refractivity contribution in [2.75, 3.05) is 6.61 Å². The van der Waals surface area contributed by atoms with Gasteiger partial charge in [0.05, 0.1) is 16.3 Å². The molecule has 2 aromatic heterocycles. The molecular formula is C21H20ClFN4OS2. The van der Waals surface area contributed by atoms with Crippen LogP contribution in [0.25, 0.3) is 0 Å². The first kappa shape index (κ1) is 21.2. The maximum absolute atomic E-state index is 13.5. The lowest BCUT2D eigenvalue weighted by Crippen LogP contribution is -2.34. The molecule has 0 bridgehead atoms. The lowest BCUT2D eigenvalue weighted by molar-refractivity contribution is 0.0620. The van der Waals surface area contributed by atoms with Crippen molar-refractivity contribution in [2.45, 2.75) is 43.7 Å². The zero-order chi connectivity index (χ0) is 21.4. The molecule has 0 amide bonds. The molecule has 0 saturated carbocycles. The van der Waals surface area contributed by atoms with E-state index in [0.29, 0.717) is 17.5 Å². The summed E-state index contributed by atoms with van der Waals surface area (Å²) in [5, 5.41) is 9.36. The van der Waals surface area contributed by atoms with Crippen LogP contribution in [0.1, 0.15) is 38.2 Å². The van der Waals surface area contributed by atoms with Crippen molar-refractivity contribution in [1.29, 1.82) is 0 Å². The minimum atomic E-state index is -0.455. The van der Waals surface area contributed by atoms with Crippen LogP contribution >= 0.6 is 34.7 Å². The molecule has 1 aliphatic rings. The highest BCUT2D eigenvalue weighted by molar-refractivity contribution is 7.99. The first-order chi connectivity index (χ1) is 14.3. The molecule has 9 heteroatoms. The molecule has 3 heterocycles. The summed E-state index contributed by atoms with van der Waals surface area (Å²) < 4.78 is 13.5. The Morgan fingerprint density at radius 3 is 2.70 bits per heavy atom. The number of aliphatic imine (C=N–C) groups is 1. The van der Waals surface area contributed by atoms with Crippen LogP contribution in [0.5, 0.6) is 0 Å². The Morgan fingerprint density at radius 1 is 1.20 bits per heavy atom. The fraction of sp³-hybridized carbons (Fsp3) is 0.286. The second-order valence-electron chi connectivity index (χ2n) is 7.04. The summed E-state index contributed by atoms with van der Waals surface area (Å²) in [6, 6.07) is 6.65. The van der Waals surface area contributed by atoms with Gasteiger partial charge < -0.3 is 0 Å². The molecule has 0 radical (unpaired) electrons. The predicted octanol–water partition coefficient (Wildman–Crippen LogP) is 5.74. The third-order valence-electron chi connectivity index (χ3n) is 4.90. The van der Waals surface area contributed by atoms with Gasteiger partial charge in [0, 0.05) is 14.6 Å². The number of thiophene rings is 1. The van der Waals surface area contributed by atoms with E-state index in [-0.39, 0.29) is 11.1 Å². The van der Waals surface area contributed by atoms with Crippen molar-refractivity contribution in [3.05, 3.63) is 67.2 Å². The van der Waals surface area contributed by atoms with Crippen molar-refractivity contribution in [1.82, 2.24) is 15.7 Å². The maximum atomic E-state index is 13.5. The number of hydrogen-bond acceptors (Lipinski definition) is 7. The van der Waals surface area contributed by atoms with Crippen LogP contribution in [0.15, 0.2) is 39.2 Å². The Kier molecular flexibility index (Phi) is 6.11. The Morgan fingerprint density at radius 2 is 2.00 bits per heavy atom. The van der Waals surface area contributed by atoms with Crippen molar-refractivity contribution < 1.29 is 9.23 Å². The molecule has 156 valence electrons. The van der Waals surface area contributed by atoms with E-state index < -0.39 is 5.82 Å². The van der Waals surface area contributed by atoms with E-state index in [4.69, 9.17) is 21.4 Å². The van der Waals surface area contributed by atoms with E-state index in [1.807, 2.05) is 13.8 Å². The Balaban J connectivity index is 1.76. The molecule has 3 aromatic rings. The minimum Gasteiger partial charge on any atom is -0.272 e. The van der Waals surface area contributed by atoms with Gasteiger partial charge in [0.1, 0.15) is 23.5 Å². The number of aromatic nitrogens is 2. The molecule has 5 nitrogen and oxygen atoms in total. The number of aryl methyl sites for hydroxylation is 3. The van der Waals surface area contributed by atoms with Crippen LogP contribution in [0.4, 0.5) is 4.39 Å². The number of amidine groups is 1. The van der Waals surface area contributed by atoms with E-state index in [2.05, 4.69) is 35.6 Å². The van der Waals surface area contributed by atoms with E-state index >= 15 is 0 Å². The largest absolute Gasteiger partial charge is 0.272 e. The summed E-state index contributed by atoms with van der Waals surface area (Å²) in [6.45, 7) is 8.54. The van der Waals surface area contributed by atoms with Crippen molar-refractivity contribution in [3.8, 4) is 0 Å². The van der Waals surface area contributed by atoms with Gasteiger partial charge in [0.15, 0.2) is 5.84 Å². The zero-order valence-corrected chi connectivity index (χ0v) is 19.3. The number of hydrogen-bond donors (Lipinski definition) is 1. The van der Waals surface area contributed by atoms with E-state index in [1.54, 1.807) is 23.5 Å². The van der Waals surface area contributed by atoms with E-state index in [0.717, 1.165) is 21.7 Å². The predicted molar refractivity (Wildman–Crippen MR) is 119 cm³/mol. The average molecular weight is 463 g/mol. The Bertz CT molecular complexity index is 1150. The molecule has 1 unspecified atom stereocenters. The lowest BCUT2D eigenvalue weighted by atomic mass is 10.1. The average Bonchev–Trinajstić information content (AvgIpc) is 3.06. The first-order valence-electron chi connectivity index (χ1n) is 9.33. The van der Waals surface area contributed by atoms with Gasteiger partial charge in [-0.05, 0) is 63.1 Å². The molecule has 0 spiro atoms. The van der Waals surface area contributed by atoms with Crippen LogP contribution in [0, 0.1) is 33.5 Å². The highest BCUT2D eigenvalue weighted by Gasteiger charge is 2.25. The van der Waals surface area contributed by atoms with Gasteiger partial charge in [0.25, 0.3) is 0 Å². The molecule has 0 saturated heterocycles. The number of nitrogens with one attached hydrogen (secondary N) is 1. The number of benzene rings is 1. The summed E-state index contributed by atoms with van der Waals surface area (Å²) in [5.41, 5.74) is 6.72. The van der Waals surface area contributed by atoms with Crippen LogP contribution in [-0.2, 0) is 4.84 Å². The highest BCUT2D eigenvalue weighted by Crippen LogP contribution is 2.35. The third kappa shape index (κ3) is 4.23. The molecule has 0 aliphatic carbocycles. The van der Waals surface area contributed by atoms with Crippen LogP contribution in [-0.4, -0.2) is 22.6 Å². The Labute approximate surface area is 187 Å². The smallest absolute Gasteiger partial charge is 0.156 e. The number of hydroxylamine groups is 1. The quantitative estimate of drug-likeness (QED) is 0.535. The SMILES string of the molecule is Cc1cc(C2CONC(c3c(Sc4ccc(F)c(Cl)c4)nnc(C)c3C)=N2)c(C)s1. The van der Waals surface area contributed by atoms with Gasteiger partial charge in [-0.15, -0.1) is 16.4 Å². The lowest BCUT2D eigenvalue weighted by Gasteiger charge is -2.24.